The molecule has 8 heteroatoms. The number of aromatic carboxylic acids is 1. The summed E-state index contributed by atoms with van der Waals surface area (Å²) in [5.74, 6) is -1.18. The lowest BCUT2D eigenvalue weighted by Crippen LogP contribution is -2.01. The molecule has 0 aliphatic heterocycles. The number of sulfone groups is 2. The summed E-state index contributed by atoms with van der Waals surface area (Å²) in [5, 5.41) is 11.3. The molecule has 0 atom stereocenters. The lowest BCUT2D eigenvalue weighted by Gasteiger charge is -2.10. The summed E-state index contributed by atoms with van der Waals surface area (Å²) in [6.07, 6.45) is 2.13. The molecule has 0 spiro atoms. The minimum Gasteiger partial charge on any atom is -0.478 e. The van der Waals surface area contributed by atoms with Crippen molar-refractivity contribution in [3.8, 4) is 0 Å². The Morgan fingerprint density at radius 3 is 1.80 bits per heavy atom. The summed E-state index contributed by atoms with van der Waals surface area (Å²) >= 11 is 0. The SMILES string of the molecule is CS(=O)(=O)c1ccc2c(c1)cc(C(=O)O)c1ccc(S(C)(=O)=O)cc12. The molecule has 0 radical (unpaired) electrons. The molecular weight excluding hydrogens is 364 g/mol. The zero-order chi connectivity index (χ0) is 18.6. The van der Waals surface area contributed by atoms with Crippen LogP contribution in [0.2, 0.25) is 0 Å². The molecular formula is C17H14O6S2. The number of carbonyl (C=O) groups is 1. The molecule has 1 N–H and O–H groups in total. The number of carboxylic acids is 1. The van der Waals surface area contributed by atoms with Gasteiger partial charge < -0.3 is 5.11 Å². The highest BCUT2D eigenvalue weighted by Crippen LogP contribution is 2.32. The summed E-state index contributed by atoms with van der Waals surface area (Å²) in [6.45, 7) is 0. The van der Waals surface area contributed by atoms with Crippen LogP contribution in [0.15, 0.2) is 52.3 Å². The lowest BCUT2D eigenvalue weighted by molar-refractivity contribution is 0.0699. The Labute approximate surface area is 144 Å². The van der Waals surface area contributed by atoms with Crippen molar-refractivity contribution in [2.24, 2.45) is 0 Å². The summed E-state index contributed by atoms with van der Waals surface area (Å²) in [6, 6.07) is 10.0. The highest BCUT2D eigenvalue weighted by atomic mass is 32.2. The number of hydrogen-bond donors (Lipinski definition) is 1. The van der Waals surface area contributed by atoms with E-state index < -0.39 is 25.6 Å². The van der Waals surface area contributed by atoms with E-state index in [1.165, 1.54) is 36.4 Å². The number of fused-ring (bicyclic) bond motifs is 3. The molecule has 3 rings (SSSR count). The summed E-state index contributed by atoms with van der Waals surface area (Å²) in [5.41, 5.74) is -0.0202. The molecule has 3 aromatic rings. The molecule has 0 aromatic heterocycles. The molecule has 25 heavy (non-hydrogen) atoms. The van der Waals surface area contributed by atoms with Crippen molar-refractivity contribution in [2.45, 2.75) is 9.79 Å². The first-order valence-corrected chi connectivity index (χ1v) is 10.9. The lowest BCUT2D eigenvalue weighted by atomic mass is 9.97. The predicted molar refractivity (Wildman–Crippen MR) is 94.6 cm³/mol. The Morgan fingerprint density at radius 1 is 0.760 bits per heavy atom. The van der Waals surface area contributed by atoms with Gasteiger partial charge in [-0.1, -0.05) is 12.1 Å². The molecule has 0 unspecified atom stereocenters. The van der Waals surface area contributed by atoms with Crippen LogP contribution < -0.4 is 0 Å². The van der Waals surface area contributed by atoms with Gasteiger partial charge in [-0.3, -0.25) is 0 Å². The molecule has 0 aliphatic rings. The maximum Gasteiger partial charge on any atom is 0.336 e. The van der Waals surface area contributed by atoms with Crippen molar-refractivity contribution in [3.05, 3.63) is 48.0 Å². The van der Waals surface area contributed by atoms with Gasteiger partial charge in [-0.15, -0.1) is 0 Å². The Kier molecular flexibility index (Phi) is 3.85. The molecule has 6 nitrogen and oxygen atoms in total. The third kappa shape index (κ3) is 3.10. The van der Waals surface area contributed by atoms with Crippen molar-refractivity contribution in [2.75, 3.05) is 12.5 Å². The first-order valence-electron chi connectivity index (χ1n) is 7.12. The predicted octanol–water partition coefficient (Wildman–Crippen LogP) is 2.50. The van der Waals surface area contributed by atoms with E-state index in [2.05, 4.69) is 0 Å². The molecule has 0 bridgehead atoms. The Balaban J connectivity index is 2.52. The van der Waals surface area contributed by atoms with Crippen molar-refractivity contribution in [3.63, 3.8) is 0 Å². The normalized spacial score (nSPS) is 12.6. The van der Waals surface area contributed by atoms with E-state index >= 15 is 0 Å². The van der Waals surface area contributed by atoms with Gasteiger partial charge in [0.15, 0.2) is 19.7 Å². The molecule has 0 saturated heterocycles. The first kappa shape index (κ1) is 17.4. The van der Waals surface area contributed by atoms with Crippen LogP contribution in [0.25, 0.3) is 21.5 Å². The number of benzene rings is 3. The number of rotatable bonds is 3. The fourth-order valence-corrected chi connectivity index (χ4v) is 4.06. The summed E-state index contributed by atoms with van der Waals surface area (Å²) < 4.78 is 47.1. The van der Waals surface area contributed by atoms with Crippen LogP contribution in [0.4, 0.5) is 0 Å². The van der Waals surface area contributed by atoms with Crippen LogP contribution in [-0.4, -0.2) is 40.4 Å². The molecule has 0 saturated carbocycles. The van der Waals surface area contributed by atoms with Gasteiger partial charge >= 0.3 is 5.97 Å². The van der Waals surface area contributed by atoms with E-state index in [1.807, 2.05) is 0 Å². The molecule has 0 aliphatic carbocycles. The standard InChI is InChI=1S/C17H14O6S2/c1-24(20,21)11-3-5-13-10(7-11)8-16(17(18)19)14-6-4-12(9-15(13)14)25(2,22)23/h3-9H,1-2H3,(H,18,19). The van der Waals surface area contributed by atoms with Crippen molar-refractivity contribution in [1.82, 2.24) is 0 Å². The second kappa shape index (κ2) is 5.53. The van der Waals surface area contributed by atoms with Crippen LogP contribution in [-0.2, 0) is 19.7 Å². The molecule has 0 amide bonds. The van der Waals surface area contributed by atoms with Crippen molar-refractivity contribution >= 4 is 47.2 Å². The molecule has 3 aromatic carbocycles. The topological polar surface area (TPSA) is 106 Å². The van der Waals surface area contributed by atoms with Gasteiger partial charge in [-0.25, -0.2) is 21.6 Å². The van der Waals surface area contributed by atoms with Gasteiger partial charge in [0.25, 0.3) is 0 Å². The highest BCUT2D eigenvalue weighted by molar-refractivity contribution is 7.91. The minimum absolute atomic E-state index is 0.0202. The maximum absolute atomic E-state index is 11.8. The summed E-state index contributed by atoms with van der Waals surface area (Å²) in [7, 11) is -6.93. The van der Waals surface area contributed by atoms with E-state index in [0.29, 0.717) is 21.5 Å². The van der Waals surface area contributed by atoms with Gasteiger partial charge in [0.2, 0.25) is 0 Å². The van der Waals surface area contributed by atoms with Gasteiger partial charge in [0, 0.05) is 12.5 Å². The zero-order valence-electron chi connectivity index (χ0n) is 13.3. The highest BCUT2D eigenvalue weighted by Gasteiger charge is 2.17. The van der Waals surface area contributed by atoms with Crippen molar-refractivity contribution in [1.29, 1.82) is 0 Å². The second-order valence-electron chi connectivity index (χ2n) is 5.86. The van der Waals surface area contributed by atoms with Crippen LogP contribution >= 0.6 is 0 Å². The number of carboxylic acid groups (broad SMARTS) is 1. The van der Waals surface area contributed by atoms with Gasteiger partial charge in [0.1, 0.15) is 0 Å². The third-order valence-electron chi connectivity index (χ3n) is 3.98. The van der Waals surface area contributed by atoms with Gasteiger partial charge in [-0.05, 0) is 51.9 Å². The van der Waals surface area contributed by atoms with Crippen molar-refractivity contribution < 1.29 is 26.7 Å². The average Bonchev–Trinajstić information content (AvgIpc) is 2.51. The molecule has 0 fully saturated rings. The molecule has 0 heterocycles. The Morgan fingerprint density at radius 2 is 1.28 bits per heavy atom. The van der Waals surface area contributed by atoms with Crippen LogP contribution in [0.3, 0.4) is 0 Å². The van der Waals surface area contributed by atoms with E-state index in [4.69, 9.17) is 0 Å². The van der Waals surface area contributed by atoms with Crippen LogP contribution in [0.5, 0.6) is 0 Å². The number of hydrogen-bond acceptors (Lipinski definition) is 5. The maximum atomic E-state index is 11.8. The largest absolute Gasteiger partial charge is 0.478 e. The minimum atomic E-state index is -3.47. The van der Waals surface area contributed by atoms with E-state index in [0.717, 1.165) is 12.5 Å². The quantitative estimate of drug-likeness (QED) is 0.702. The van der Waals surface area contributed by atoms with E-state index in [1.54, 1.807) is 6.07 Å². The zero-order valence-corrected chi connectivity index (χ0v) is 15.0. The van der Waals surface area contributed by atoms with Gasteiger partial charge in [-0.2, -0.15) is 0 Å². The average molecular weight is 378 g/mol. The van der Waals surface area contributed by atoms with Crippen LogP contribution in [0.1, 0.15) is 10.4 Å². The third-order valence-corrected chi connectivity index (χ3v) is 6.20. The van der Waals surface area contributed by atoms with Crippen LogP contribution in [0, 0.1) is 0 Å². The molecule has 130 valence electrons. The Hall–Kier alpha value is -2.45. The fraction of sp³-hybridized carbons (Fsp3) is 0.118. The van der Waals surface area contributed by atoms with E-state index in [-0.39, 0.29) is 15.4 Å². The second-order valence-corrected chi connectivity index (χ2v) is 9.90. The van der Waals surface area contributed by atoms with Gasteiger partial charge in [0.05, 0.1) is 15.4 Å². The monoisotopic (exact) mass is 378 g/mol. The first-order chi connectivity index (χ1) is 11.5. The summed E-state index contributed by atoms with van der Waals surface area (Å²) in [4.78, 5) is 11.7. The van der Waals surface area contributed by atoms with E-state index in [9.17, 15) is 26.7 Å². The smallest absolute Gasteiger partial charge is 0.336 e. The Bertz CT molecular complexity index is 1260. The fourth-order valence-electron chi connectivity index (χ4n) is 2.76.